The molecular formula is C21H24FN3OS. The lowest BCUT2D eigenvalue weighted by Crippen LogP contribution is -2.38. The number of rotatable bonds is 7. The predicted molar refractivity (Wildman–Crippen MR) is 106 cm³/mol. The number of anilines is 1. The molecule has 3 rings (SSSR count). The Kier molecular flexibility index (Phi) is 6.97. The number of thiophene rings is 1. The molecule has 6 heteroatoms. The Labute approximate surface area is 163 Å². The molecule has 0 saturated heterocycles. The van der Waals surface area contributed by atoms with Crippen molar-refractivity contribution >= 4 is 22.2 Å². The molecule has 1 heterocycles. The Hall–Kier alpha value is -2.23. The van der Waals surface area contributed by atoms with Crippen molar-refractivity contribution in [3.63, 3.8) is 0 Å². The van der Waals surface area contributed by atoms with Crippen molar-refractivity contribution in [3.8, 4) is 6.07 Å². The Balaban J connectivity index is 1.61. The molecule has 1 amide bonds. The van der Waals surface area contributed by atoms with Crippen LogP contribution in [-0.4, -0.2) is 23.4 Å². The van der Waals surface area contributed by atoms with Gasteiger partial charge in [-0.15, -0.1) is 11.3 Å². The molecule has 0 unspecified atom stereocenters. The number of nitriles is 1. The van der Waals surface area contributed by atoms with Crippen LogP contribution in [0.15, 0.2) is 35.7 Å². The van der Waals surface area contributed by atoms with Gasteiger partial charge in [-0.1, -0.05) is 31.4 Å². The van der Waals surface area contributed by atoms with Gasteiger partial charge in [-0.2, -0.15) is 5.26 Å². The van der Waals surface area contributed by atoms with Crippen molar-refractivity contribution < 1.29 is 9.18 Å². The predicted octanol–water partition coefficient (Wildman–Crippen LogP) is 4.92. The van der Waals surface area contributed by atoms with Crippen LogP contribution in [0.1, 0.15) is 49.7 Å². The number of hydrogen-bond donors (Lipinski definition) is 1. The third-order valence-electron chi connectivity index (χ3n) is 5.05. The second-order valence-electron chi connectivity index (χ2n) is 6.96. The molecule has 1 aliphatic rings. The molecule has 0 atom stereocenters. The Bertz CT molecular complexity index is 791. The first-order chi connectivity index (χ1) is 13.2. The summed E-state index contributed by atoms with van der Waals surface area (Å²) in [6, 6.07) is 10.9. The normalized spacial score (nSPS) is 14.9. The number of halogens is 1. The highest BCUT2D eigenvalue weighted by molar-refractivity contribution is 7.14. The van der Waals surface area contributed by atoms with Gasteiger partial charge < -0.3 is 5.32 Å². The quantitative estimate of drug-likeness (QED) is 0.736. The highest BCUT2D eigenvalue weighted by atomic mass is 32.1. The molecule has 1 fully saturated rings. The zero-order valence-corrected chi connectivity index (χ0v) is 16.1. The van der Waals surface area contributed by atoms with Crippen LogP contribution in [0.2, 0.25) is 0 Å². The summed E-state index contributed by atoms with van der Waals surface area (Å²) < 4.78 is 13.2. The zero-order chi connectivity index (χ0) is 19.1. The summed E-state index contributed by atoms with van der Waals surface area (Å²) in [4.78, 5) is 14.7. The molecule has 0 spiro atoms. The first kappa shape index (κ1) is 19.5. The minimum absolute atomic E-state index is 0.0751. The minimum atomic E-state index is -0.230. The number of nitrogens with zero attached hydrogens (tertiary/aromatic N) is 2. The van der Waals surface area contributed by atoms with Gasteiger partial charge in [-0.25, -0.2) is 4.39 Å². The number of benzene rings is 1. The van der Waals surface area contributed by atoms with Crippen LogP contribution in [0.4, 0.5) is 9.39 Å². The topological polar surface area (TPSA) is 56.1 Å². The average molecular weight is 386 g/mol. The summed E-state index contributed by atoms with van der Waals surface area (Å²) in [6.45, 7) is 1.38. The molecule has 142 valence electrons. The lowest BCUT2D eigenvalue weighted by Gasteiger charge is -2.34. The van der Waals surface area contributed by atoms with Gasteiger partial charge in [0.15, 0.2) is 0 Å². The molecule has 1 saturated carbocycles. The van der Waals surface area contributed by atoms with Crippen LogP contribution in [0, 0.1) is 17.1 Å². The van der Waals surface area contributed by atoms with Gasteiger partial charge in [-0.3, -0.25) is 9.69 Å². The van der Waals surface area contributed by atoms with E-state index in [2.05, 4.69) is 16.3 Å². The number of nitrogens with one attached hydrogen (secondary N) is 1. The Morgan fingerprint density at radius 3 is 2.67 bits per heavy atom. The fourth-order valence-electron chi connectivity index (χ4n) is 3.59. The van der Waals surface area contributed by atoms with Crippen molar-refractivity contribution in [2.75, 3.05) is 11.9 Å². The van der Waals surface area contributed by atoms with Gasteiger partial charge in [0, 0.05) is 25.6 Å². The molecule has 0 aliphatic heterocycles. The zero-order valence-electron chi connectivity index (χ0n) is 15.3. The third-order valence-corrected chi connectivity index (χ3v) is 5.88. The van der Waals surface area contributed by atoms with Crippen molar-refractivity contribution in [2.45, 2.75) is 51.1 Å². The Morgan fingerprint density at radius 1 is 1.22 bits per heavy atom. The van der Waals surface area contributed by atoms with Gasteiger partial charge >= 0.3 is 0 Å². The van der Waals surface area contributed by atoms with Crippen LogP contribution < -0.4 is 5.32 Å². The average Bonchev–Trinajstić information content (AvgIpc) is 3.14. The summed E-state index contributed by atoms with van der Waals surface area (Å²) in [5.74, 6) is -0.305. The van der Waals surface area contributed by atoms with Crippen LogP contribution in [0.5, 0.6) is 0 Å². The van der Waals surface area contributed by atoms with E-state index in [0.29, 0.717) is 29.6 Å². The van der Waals surface area contributed by atoms with Crippen molar-refractivity contribution in [1.29, 1.82) is 5.26 Å². The summed E-state index contributed by atoms with van der Waals surface area (Å²) >= 11 is 1.37. The molecule has 0 radical (unpaired) electrons. The molecule has 4 nitrogen and oxygen atoms in total. The van der Waals surface area contributed by atoms with E-state index in [9.17, 15) is 9.18 Å². The van der Waals surface area contributed by atoms with E-state index in [1.165, 1.54) is 42.7 Å². The first-order valence-corrected chi connectivity index (χ1v) is 10.3. The van der Waals surface area contributed by atoms with Gasteiger partial charge in [0.25, 0.3) is 0 Å². The van der Waals surface area contributed by atoms with E-state index < -0.39 is 0 Å². The van der Waals surface area contributed by atoms with E-state index >= 15 is 0 Å². The molecule has 1 N–H and O–H groups in total. The summed E-state index contributed by atoms with van der Waals surface area (Å²) in [7, 11) is 0. The lowest BCUT2D eigenvalue weighted by molar-refractivity contribution is -0.116. The lowest BCUT2D eigenvalue weighted by atomic mass is 9.93. The van der Waals surface area contributed by atoms with Crippen molar-refractivity contribution in [2.24, 2.45) is 0 Å². The number of hydrogen-bond acceptors (Lipinski definition) is 4. The van der Waals surface area contributed by atoms with Gasteiger partial charge in [0.05, 0.1) is 5.56 Å². The van der Waals surface area contributed by atoms with Crippen molar-refractivity contribution in [3.05, 3.63) is 52.7 Å². The third kappa shape index (κ3) is 5.62. The van der Waals surface area contributed by atoms with Crippen LogP contribution in [-0.2, 0) is 11.3 Å². The number of carbonyl (C=O) groups is 1. The maximum atomic E-state index is 13.2. The number of amides is 1. The van der Waals surface area contributed by atoms with E-state index in [0.717, 1.165) is 24.9 Å². The monoisotopic (exact) mass is 385 g/mol. The molecule has 27 heavy (non-hydrogen) atoms. The van der Waals surface area contributed by atoms with E-state index in [-0.39, 0.29) is 11.7 Å². The summed E-state index contributed by atoms with van der Waals surface area (Å²) in [6.07, 6.45) is 6.38. The van der Waals surface area contributed by atoms with E-state index in [4.69, 9.17) is 5.26 Å². The Morgan fingerprint density at radius 2 is 1.96 bits per heavy atom. The van der Waals surface area contributed by atoms with Crippen molar-refractivity contribution in [1.82, 2.24) is 4.90 Å². The van der Waals surface area contributed by atoms with E-state index in [1.807, 2.05) is 12.1 Å². The summed E-state index contributed by atoms with van der Waals surface area (Å²) in [5.41, 5.74) is 1.57. The molecular weight excluding hydrogens is 361 g/mol. The smallest absolute Gasteiger partial charge is 0.226 e. The van der Waals surface area contributed by atoms with E-state index in [1.54, 1.807) is 11.4 Å². The molecule has 0 bridgehead atoms. The van der Waals surface area contributed by atoms with Gasteiger partial charge in [0.2, 0.25) is 5.91 Å². The maximum absolute atomic E-state index is 13.2. The van der Waals surface area contributed by atoms with Gasteiger partial charge in [0.1, 0.15) is 16.9 Å². The largest absolute Gasteiger partial charge is 0.317 e. The highest BCUT2D eigenvalue weighted by Gasteiger charge is 2.22. The number of carbonyl (C=O) groups excluding carboxylic acids is 1. The minimum Gasteiger partial charge on any atom is -0.317 e. The van der Waals surface area contributed by atoms with Crippen LogP contribution in [0.25, 0.3) is 0 Å². The van der Waals surface area contributed by atoms with Crippen LogP contribution >= 0.6 is 11.3 Å². The fraction of sp³-hybridized carbons (Fsp3) is 0.429. The highest BCUT2D eigenvalue weighted by Crippen LogP contribution is 2.25. The maximum Gasteiger partial charge on any atom is 0.226 e. The second-order valence-corrected chi connectivity index (χ2v) is 7.88. The molecule has 1 aliphatic carbocycles. The first-order valence-electron chi connectivity index (χ1n) is 9.41. The van der Waals surface area contributed by atoms with Crippen LogP contribution in [0.3, 0.4) is 0 Å². The standard InChI is InChI=1S/C21H24FN3OS/c22-18-8-6-16(7-9-18)15-25(19-4-2-1-3-5-19)12-10-20(26)24-21-17(14-23)11-13-27-21/h6-9,11,13,19H,1-5,10,12,15H2,(H,24,26). The molecule has 1 aromatic heterocycles. The second kappa shape index (κ2) is 9.63. The summed E-state index contributed by atoms with van der Waals surface area (Å²) in [5, 5.41) is 14.3. The molecule has 1 aromatic carbocycles. The van der Waals surface area contributed by atoms with Gasteiger partial charge in [-0.05, 0) is 42.0 Å². The SMILES string of the molecule is N#Cc1ccsc1NC(=O)CCN(Cc1ccc(F)cc1)C1CCCCC1. The molecule has 2 aromatic rings. The fourth-order valence-corrected chi connectivity index (χ4v) is 4.34.